The largest absolute Gasteiger partial charge is 0.514 e. The second kappa shape index (κ2) is 15.2. The molecular formula is C35H36O8. The van der Waals surface area contributed by atoms with Crippen LogP contribution in [0.4, 0.5) is 4.79 Å². The number of phenolic OH excluding ortho intramolecular Hbond substituents is 1. The number of para-hydroxylation sites is 2. The zero-order valence-electron chi connectivity index (χ0n) is 25.0. The van der Waals surface area contributed by atoms with Gasteiger partial charge in [0.15, 0.2) is 0 Å². The fourth-order valence-corrected chi connectivity index (χ4v) is 3.96. The molecule has 0 aliphatic carbocycles. The highest BCUT2D eigenvalue weighted by atomic mass is 16.7. The van der Waals surface area contributed by atoms with Crippen LogP contribution in [0.1, 0.15) is 66.5 Å². The summed E-state index contributed by atoms with van der Waals surface area (Å²) in [5.41, 5.74) is 1.27. The quantitative estimate of drug-likeness (QED) is 0.132. The molecule has 0 bridgehead atoms. The van der Waals surface area contributed by atoms with Gasteiger partial charge in [-0.15, -0.1) is 0 Å². The second-order valence-corrected chi connectivity index (χ2v) is 10.3. The Balaban J connectivity index is 0.000000248. The maximum atomic E-state index is 12.6. The lowest BCUT2D eigenvalue weighted by atomic mass is 10.0. The molecule has 4 rings (SSSR count). The molecule has 0 spiro atoms. The number of carbonyl (C=O) groups excluding carboxylic acids is 3. The zero-order valence-corrected chi connectivity index (χ0v) is 25.0. The highest BCUT2D eigenvalue weighted by molar-refractivity contribution is 5.96. The molecule has 8 nitrogen and oxygen atoms in total. The summed E-state index contributed by atoms with van der Waals surface area (Å²) in [5.74, 6) is -0.155. The van der Waals surface area contributed by atoms with Gasteiger partial charge in [-0.2, -0.15) is 0 Å². The smallest absolute Gasteiger partial charge is 0.507 e. The lowest BCUT2D eigenvalue weighted by Gasteiger charge is -2.19. The molecule has 0 heterocycles. The Morgan fingerprint density at radius 1 is 0.605 bits per heavy atom. The summed E-state index contributed by atoms with van der Waals surface area (Å²) in [6.45, 7) is 9.05. The van der Waals surface area contributed by atoms with Gasteiger partial charge in [-0.05, 0) is 81.1 Å². The number of esters is 2. The van der Waals surface area contributed by atoms with Crippen molar-refractivity contribution in [3.63, 3.8) is 0 Å². The molecule has 0 amide bonds. The van der Waals surface area contributed by atoms with Gasteiger partial charge in [0.25, 0.3) is 0 Å². The minimum absolute atomic E-state index is 0.0460. The number of carbonyl (C=O) groups is 3. The van der Waals surface area contributed by atoms with Crippen LogP contribution >= 0.6 is 0 Å². The van der Waals surface area contributed by atoms with Crippen molar-refractivity contribution < 1.29 is 38.4 Å². The summed E-state index contributed by atoms with van der Waals surface area (Å²) < 4.78 is 21.0. The predicted molar refractivity (Wildman–Crippen MR) is 163 cm³/mol. The van der Waals surface area contributed by atoms with Crippen molar-refractivity contribution >= 4 is 18.1 Å². The first-order chi connectivity index (χ1) is 20.5. The van der Waals surface area contributed by atoms with Crippen LogP contribution in [0, 0.1) is 0 Å². The van der Waals surface area contributed by atoms with Crippen molar-refractivity contribution in [2.24, 2.45) is 0 Å². The van der Waals surface area contributed by atoms with Crippen LogP contribution < -0.4 is 14.2 Å². The Hall–Kier alpha value is -5.11. The molecule has 0 radical (unpaired) electrons. The first-order valence-corrected chi connectivity index (χ1v) is 13.9. The van der Waals surface area contributed by atoms with Crippen LogP contribution in [-0.2, 0) is 17.6 Å². The standard InChI is InChI=1S/C20H22O5.C15H14O3/c1-5-14-10-9-13-16(24-19(22)25-20(2,3)4)17(14)18(21)23-15-11-7-6-8-12-15;1-2-11-7-6-10-13(16)14(11)15(17)18-12-8-4-3-5-9-12/h6-13H,5H2,1-4H3;3-10,16H,2H2,1H3. The Bertz CT molecular complexity index is 1520. The van der Waals surface area contributed by atoms with E-state index in [1.165, 1.54) is 6.07 Å². The number of hydrogen-bond donors (Lipinski definition) is 1. The predicted octanol–water partition coefficient (Wildman–Crippen LogP) is 7.96. The SMILES string of the molecule is CCc1cccc(O)c1C(=O)Oc1ccccc1.CCc1cccc(OC(=O)OC(C)(C)C)c1C(=O)Oc1ccccc1. The van der Waals surface area contributed by atoms with Crippen LogP contribution in [0.2, 0.25) is 0 Å². The van der Waals surface area contributed by atoms with Gasteiger partial charge in [-0.1, -0.05) is 74.5 Å². The highest BCUT2D eigenvalue weighted by Crippen LogP contribution is 2.27. The summed E-state index contributed by atoms with van der Waals surface area (Å²) in [5, 5.41) is 9.77. The third kappa shape index (κ3) is 9.74. The molecule has 0 aromatic heterocycles. The Kier molecular flexibility index (Phi) is 11.5. The number of hydrogen-bond acceptors (Lipinski definition) is 8. The number of rotatable bonds is 7. The normalized spacial score (nSPS) is 10.5. The Morgan fingerprint density at radius 3 is 1.56 bits per heavy atom. The van der Waals surface area contributed by atoms with Gasteiger partial charge in [-0.3, -0.25) is 0 Å². The van der Waals surface area contributed by atoms with Gasteiger partial charge in [0, 0.05) is 0 Å². The number of phenols is 1. The second-order valence-electron chi connectivity index (χ2n) is 10.3. The number of benzene rings is 4. The van der Waals surface area contributed by atoms with E-state index in [1.54, 1.807) is 99.6 Å². The molecule has 0 aliphatic heterocycles. The minimum Gasteiger partial charge on any atom is -0.507 e. The Labute approximate surface area is 251 Å². The van der Waals surface area contributed by atoms with E-state index in [9.17, 15) is 19.5 Å². The van der Waals surface area contributed by atoms with Crippen LogP contribution in [0.25, 0.3) is 0 Å². The zero-order chi connectivity index (χ0) is 31.4. The molecule has 1 N–H and O–H groups in total. The van der Waals surface area contributed by atoms with Crippen LogP contribution in [-0.4, -0.2) is 28.8 Å². The van der Waals surface area contributed by atoms with E-state index in [1.807, 2.05) is 26.0 Å². The fourth-order valence-electron chi connectivity index (χ4n) is 3.96. The van der Waals surface area contributed by atoms with Crippen LogP contribution in [0.15, 0.2) is 97.1 Å². The van der Waals surface area contributed by atoms with E-state index >= 15 is 0 Å². The number of aromatic hydroxyl groups is 1. The summed E-state index contributed by atoms with van der Waals surface area (Å²) >= 11 is 0. The van der Waals surface area contributed by atoms with Crippen molar-refractivity contribution in [2.45, 2.75) is 53.1 Å². The van der Waals surface area contributed by atoms with Gasteiger partial charge in [-0.25, -0.2) is 14.4 Å². The number of aryl methyl sites for hydroxylation is 2. The molecule has 0 aliphatic rings. The third-order valence-electron chi connectivity index (χ3n) is 5.90. The third-order valence-corrected chi connectivity index (χ3v) is 5.90. The van der Waals surface area contributed by atoms with Crippen molar-refractivity contribution in [2.75, 3.05) is 0 Å². The molecule has 8 heteroatoms. The van der Waals surface area contributed by atoms with Crippen molar-refractivity contribution in [3.05, 3.63) is 119 Å². The molecule has 0 saturated carbocycles. The van der Waals surface area contributed by atoms with E-state index in [4.69, 9.17) is 18.9 Å². The summed E-state index contributed by atoms with van der Waals surface area (Å²) in [4.78, 5) is 36.6. The van der Waals surface area contributed by atoms with E-state index < -0.39 is 23.7 Å². The highest BCUT2D eigenvalue weighted by Gasteiger charge is 2.24. The van der Waals surface area contributed by atoms with Gasteiger partial charge in [0.1, 0.15) is 39.7 Å². The van der Waals surface area contributed by atoms with Crippen molar-refractivity contribution in [1.82, 2.24) is 0 Å². The molecule has 0 fully saturated rings. The maximum Gasteiger partial charge on any atom is 0.514 e. The molecule has 4 aromatic carbocycles. The van der Waals surface area contributed by atoms with Crippen molar-refractivity contribution in [1.29, 1.82) is 0 Å². The summed E-state index contributed by atoms with van der Waals surface area (Å²) in [7, 11) is 0. The minimum atomic E-state index is -0.866. The average molecular weight is 585 g/mol. The monoisotopic (exact) mass is 584 g/mol. The van der Waals surface area contributed by atoms with Crippen LogP contribution in [0.5, 0.6) is 23.0 Å². The van der Waals surface area contributed by atoms with E-state index in [2.05, 4.69) is 0 Å². The van der Waals surface area contributed by atoms with Crippen molar-refractivity contribution in [3.8, 4) is 23.0 Å². The molecule has 0 saturated heterocycles. The molecule has 0 atom stereocenters. The van der Waals surface area contributed by atoms with Gasteiger partial charge in [0.2, 0.25) is 0 Å². The van der Waals surface area contributed by atoms with Crippen LogP contribution in [0.3, 0.4) is 0 Å². The van der Waals surface area contributed by atoms with E-state index in [0.29, 0.717) is 24.3 Å². The first kappa shape index (κ1) is 32.4. The molecule has 4 aromatic rings. The summed E-state index contributed by atoms with van der Waals surface area (Å²) in [6.07, 6.45) is 0.382. The molecule has 224 valence electrons. The molecule has 0 unspecified atom stereocenters. The van der Waals surface area contributed by atoms with Gasteiger partial charge in [0.05, 0.1) is 0 Å². The van der Waals surface area contributed by atoms with Gasteiger partial charge < -0.3 is 24.1 Å². The fraction of sp³-hybridized carbons (Fsp3) is 0.229. The van der Waals surface area contributed by atoms with E-state index in [0.717, 1.165) is 11.1 Å². The molecular weight excluding hydrogens is 548 g/mol. The summed E-state index contributed by atoms with van der Waals surface area (Å²) in [6, 6.07) is 27.6. The first-order valence-electron chi connectivity index (χ1n) is 13.9. The molecule has 43 heavy (non-hydrogen) atoms. The number of ether oxygens (including phenoxy) is 4. The lowest BCUT2D eigenvalue weighted by molar-refractivity contribution is 0.0204. The van der Waals surface area contributed by atoms with E-state index in [-0.39, 0.29) is 22.6 Å². The van der Waals surface area contributed by atoms with Gasteiger partial charge >= 0.3 is 18.1 Å². The maximum absolute atomic E-state index is 12.6. The average Bonchev–Trinajstić information content (AvgIpc) is 2.97. The Morgan fingerprint density at radius 2 is 1.07 bits per heavy atom. The topological polar surface area (TPSA) is 108 Å². The lowest BCUT2D eigenvalue weighted by Crippen LogP contribution is -2.26.